The number of nitrogens with zero attached hydrogens (tertiary/aromatic N) is 1. The quantitative estimate of drug-likeness (QED) is 0.312. The van der Waals surface area contributed by atoms with Gasteiger partial charge in [-0.1, -0.05) is 67.0 Å². The predicted octanol–water partition coefficient (Wildman–Crippen LogP) is 7.18. The van der Waals surface area contributed by atoms with E-state index in [0.717, 1.165) is 61.6 Å². The SMILES string of the molecule is COC(=O)[C@@]1(C)CCC[C@]2(C)C(CCc3ccc(C)c4c3CN(Cc3ccccc3)C4=O)=C(C)CC[C@@H]12. The average Bonchev–Trinajstić information content (AvgIpc) is 3.21. The van der Waals surface area contributed by atoms with E-state index < -0.39 is 5.41 Å². The van der Waals surface area contributed by atoms with Crippen molar-refractivity contribution in [1.29, 1.82) is 0 Å². The molecule has 4 nitrogen and oxygen atoms in total. The highest BCUT2D eigenvalue weighted by Gasteiger charge is 2.55. The minimum Gasteiger partial charge on any atom is -0.469 e. The Labute approximate surface area is 222 Å². The zero-order chi connectivity index (χ0) is 26.4. The Hall–Kier alpha value is -2.88. The first-order valence-corrected chi connectivity index (χ1v) is 13.9. The Kier molecular flexibility index (Phi) is 6.81. The van der Waals surface area contributed by atoms with E-state index in [1.807, 2.05) is 23.1 Å². The van der Waals surface area contributed by atoms with Gasteiger partial charge in [-0.15, -0.1) is 0 Å². The molecule has 1 aliphatic heterocycles. The highest BCUT2D eigenvalue weighted by atomic mass is 16.5. The van der Waals surface area contributed by atoms with Gasteiger partial charge in [0.2, 0.25) is 0 Å². The summed E-state index contributed by atoms with van der Waals surface area (Å²) in [6.45, 7) is 10.2. The molecule has 1 saturated carbocycles. The molecule has 1 amide bonds. The molecule has 2 aromatic rings. The lowest BCUT2D eigenvalue weighted by Gasteiger charge is -2.55. The fourth-order valence-corrected chi connectivity index (χ4v) is 7.98. The Balaban J connectivity index is 1.40. The summed E-state index contributed by atoms with van der Waals surface area (Å²) in [5.41, 5.74) is 8.29. The second-order valence-electron chi connectivity index (χ2n) is 12.1. The van der Waals surface area contributed by atoms with Gasteiger partial charge in [0.05, 0.1) is 12.5 Å². The van der Waals surface area contributed by atoms with Crippen molar-refractivity contribution in [2.24, 2.45) is 16.7 Å². The number of carbonyl (C=O) groups excluding carboxylic acids is 2. The number of allylic oxidation sites excluding steroid dienone is 2. The van der Waals surface area contributed by atoms with Crippen molar-refractivity contribution in [3.8, 4) is 0 Å². The lowest BCUT2D eigenvalue weighted by Crippen LogP contribution is -2.50. The molecular formula is C33H41NO3. The summed E-state index contributed by atoms with van der Waals surface area (Å²) in [4.78, 5) is 28.3. The topological polar surface area (TPSA) is 46.6 Å². The van der Waals surface area contributed by atoms with Gasteiger partial charge in [0.1, 0.15) is 0 Å². The minimum atomic E-state index is -0.414. The van der Waals surface area contributed by atoms with Crippen molar-refractivity contribution in [1.82, 2.24) is 4.90 Å². The van der Waals surface area contributed by atoms with E-state index in [-0.39, 0.29) is 17.3 Å². The molecule has 0 radical (unpaired) electrons. The molecule has 5 rings (SSSR count). The molecule has 2 aromatic carbocycles. The third-order valence-electron chi connectivity index (χ3n) is 9.92. The molecule has 3 aliphatic rings. The number of rotatable bonds is 6. The van der Waals surface area contributed by atoms with Crippen LogP contribution < -0.4 is 0 Å². The smallest absolute Gasteiger partial charge is 0.311 e. The van der Waals surface area contributed by atoms with E-state index in [1.54, 1.807) is 5.57 Å². The third-order valence-corrected chi connectivity index (χ3v) is 9.92. The van der Waals surface area contributed by atoms with Crippen LogP contribution in [0, 0.1) is 23.7 Å². The number of amides is 1. The normalized spacial score (nSPS) is 27.2. The fourth-order valence-electron chi connectivity index (χ4n) is 7.98. The first-order chi connectivity index (χ1) is 17.7. The molecule has 37 heavy (non-hydrogen) atoms. The lowest BCUT2D eigenvalue weighted by molar-refractivity contribution is -0.163. The minimum absolute atomic E-state index is 0.0204. The van der Waals surface area contributed by atoms with Gasteiger partial charge in [-0.3, -0.25) is 9.59 Å². The van der Waals surface area contributed by atoms with Gasteiger partial charge in [0, 0.05) is 18.7 Å². The lowest BCUT2D eigenvalue weighted by atomic mass is 9.49. The van der Waals surface area contributed by atoms with Crippen molar-refractivity contribution in [2.45, 2.75) is 85.7 Å². The highest BCUT2D eigenvalue weighted by Crippen LogP contribution is 2.60. The summed E-state index contributed by atoms with van der Waals surface area (Å²) in [5.74, 6) is 0.418. The zero-order valence-corrected chi connectivity index (χ0v) is 23.2. The average molecular weight is 500 g/mol. The molecule has 0 unspecified atom stereocenters. The van der Waals surface area contributed by atoms with Crippen molar-refractivity contribution >= 4 is 11.9 Å². The van der Waals surface area contributed by atoms with Crippen LogP contribution in [0.25, 0.3) is 0 Å². The van der Waals surface area contributed by atoms with Crippen LogP contribution in [0.5, 0.6) is 0 Å². The Bertz CT molecular complexity index is 1250. The van der Waals surface area contributed by atoms with Crippen LogP contribution in [0.15, 0.2) is 53.6 Å². The van der Waals surface area contributed by atoms with E-state index in [1.165, 1.54) is 23.8 Å². The summed E-state index contributed by atoms with van der Waals surface area (Å²) in [5, 5.41) is 0. The van der Waals surface area contributed by atoms with Crippen molar-refractivity contribution in [3.63, 3.8) is 0 Å². The third kappa shape index (κ3) is 4.32. The number of fused-ring (bicyclic) bond motifs is 2. The van der Waals surface area contributed by atoms with E-state index in [9.17, 15) is 9.59 Å². The summed E-state index contributed by atoms with van der Waals surface area (Å²) in [6.07, 6.45) is 7.12. The Morgan fingerprint density at radius 2 is 1.81 bits per heavy atom. The van der Waals surface area contributed by atoms with Crippen LogP contribution in [-0.4, -0.2) is 23.9 Å². The molecule has 2 aliphatic carbocycles. The molecule has 0 spiro atoms. The first kappa shape index (κ1) is 25.8. The molecule has 0 saturated heterocycles. The van der Waals surface area contributed by atoms with Crippen LogP contribution in [0.2, 0.25) is 0 Å². The molecule has 196 valence electrons. The number of carbonyl (C=O) groups is 2. The van der Waals surface area contributed by atoms with Crippen LogP contribution in [-0.2, 0) is 29.0 Å². The van der Waals surface area contributed by atoms with E-state index >= 15 is 0 Å². The standard InChI is InChI=1S/C33H41NO3/c1-22-13-17-28-32(3,18-9-19-33(28,4)31(36)37-5)27(22)16-15-25-14-12-23(2)29-26(25)21-34(30(29)35)20-24-10-7-6-8-11-24/h6-8,10-12,14,28H,9,13,15-21H2,1-5H3/t28-,32-,33+/m1/s1. The number of methoxy groups -OCH3 is 1. The summed E-state index contributed by atoms with van der Waals surface area (Å²) < 4.78 is 5.31. The highest BCUT2D eigenvalue weighted by molar-refractivity contribution is 6.00. The van der Waals surface area contributed by atoms with Gasteiger partial charge in [0.25, 0.3) is 5.91 Å². The van der Waals surface area contributed by atoms with Gasteiger partial charge in [-0.2, -0.15) is 0 Å². The second kappa shape index (κ2) is 9.78. The number of ether oxygens (including phenoxy) is 1. The van der Waals surface area contributed by atoms with Gasteiger partial charge in [-0.05, 0) is 92.9 Å². The Morgan fingerprint density at radius 3 is 2.54 bits per heavy atom. The van der Waals surface area contributed by atoms with Crippen molar-refractivity contribution in [2.75, 3.05) is 7.11 Å². The number of hydrogen-bond acceptors (Lipinski definition) is 3. The molecule has 0 aromatic heterocycles. The maximum absolute atomic E-state index is 13.4. The van der Waals surface area contributed by atoms with Gasteiger partial charge in [-0.25, -0.2) is 0 Å². The molecule has 4 heteroatoms. The van der Waals surface area contributed by atoms with Gasteiger partial charge in [0.15, 0.2) is 0 Å². The Morgan fingerprint density at radius 1 is 1.05 bits per heavy atom. The number of benzene rings is 2. The molecule has 0 N–H and O–H groups in total. The molecule has 1 fully saturated rings. The van der Waals surface area contributed by atoms with E-state index in [4.69, 9.17) is 4.74 Å². The molecule has 1 heterocycles. The summed E-state index contributed by atoms with van der Waals surface area (Å²) in [7, 11) is 1.53. The van der Waals surface area contributed by atoms with Gasteiger partial charge < -0.3 is 9.64 Å². The van der Waals surface area contributed by atoms with E-state index in [2.05, 4.69) is 52.0 Å². The molecular weight excluding hydrogens is 458 g/mol. The zero-order valence-electron chi connectivity index (χ0n) is 23.2. The summed E-state index contributed by atoms with van der Waals surface area (Å²) >= 11 is 0. The molecule has 3 atom stereocenters. The maximum atomic E-state index is 13.4. The van der Waals surface area contributed by atoms with Crippen LogP contribution in [0.3, 0.4) is 0 Å². The second-order valence-corrected chi connectivity index (χ2v) is 12.1. The molecule has 0 bridgehead atoms. The number of esters is 1. The largest absolute Gasteiger partial charge is 0.469 e. The van der Waals surface area contributed by atoms with Crippen molar-refractivity contribution in [3.05, 3.63) is 81.4 Å². The number of hydrogen-bond donors (Lipinski definition) is 0. The summed E-state index contributed by atoms with van der Waals surface area (Å²) in [6, 6.07) is 14.6. The predicted molar refractivity (Wildman–Crippen MR) is 147 cm³/mol. The maximum Gasteiger partial charge on any atom is 0.311 e. The van der Waals surface area contributed by atoms with E-state index in [0.29, 0.717) is 19.0 Å². The monoisotopic (exact) mass is 499 g/mol. The number of aryl methyl sites for hydroxylation is 2. The van der Waals surface area contributed by atoms with Crippen LogP contribution in [0.1, 0.15) is 91.9 Å². The van der Waals surface area contributed by atoms with Gasteiger partial charge >= 0.3 is 5.97 Å². The van der Waals surface area contributed by atoms with Crippen LogP contribution >= 0.6 is 0 Å². The van der Waals surface area contributed by atoms with Crippen LogP contribution in [0.4, 0.5) is 0 Å². The fraction of sp³-hybridized carbons (Fsp3) is 0.515. The first-order valence-electron chi connectivity index (χ1n) is 13.9. The van der Waals surface area contributed by atoms with Crippen molar-refractivity contribution < 1.29 is 14.3 Å².